The summed E-state index contributed by atoms with van der Waals surface area (Å²) >= 11 is 5.83. The van der Waals surface area contributed by atoms with Gasteiger partial charge in [-0.3, -0.25) is 10.1 Å². The summed E-state index contributed by atoms with van der Waals surface area (Å²) in [6, 6.07) is 6.45. The predicted octanol–water partition coefficient (Wildman–Crippen LogP) is 4.65. The van der Waals surface area contributed by atoms with Gasteiger partial charge in [0, 0.05) is 25.2 Å². The zero-order chi connectivity index (χ0) is 20.6. The molecule has 0 radical (unpaired) electrons. The Morgan fingerprint density at radius 2 is 1.81 bits per heavy atom. The van der Waals surface area contributed by atoms with Crippen LogP contribution >= 0.6 is 11.6 Å². The summed E-state index contributed by atoms with van der Waals surface area (Å²) in [4.78, 5) is 9.56. The van der Waals surface area contributed by atoms with Gasteiger partial charge >= 0.3 is 6.18 Å². The number of sulfonamides is 1. The van der Waals surface area contributed by atoms with Gasteiger partial charge in [0.05, 0.1) is 15.5 Å². The van der Waals surface area contributed by atoms with Gasteiger partial charge in [-0.05, 0) is 30.7 Å². The summed E-state index contributed by atoms with van der Waals surface area (Å²) in [5, 5.41) is 10.5. The number of rotatable bonds is 5. The Labute approximate surface area is 158 Å². The lowest BCUT2D eigenvalue weighted by Gasteiger charge is -2.25. The molecule has 1 atom stereocenters. The Balaban J connectivity index is 2.47. The van der Waals surface area contributed by atoms with E-state index in [4.69, 9.17) is 11.6 Å². The molecule has 2 aromatic rings. The Morgan fingerprint density at radius 3 is 2.37 bits per heavy atom. The van der Waals surface area contributed by atoms with E-state index in [0.29, 0.717) is 17.7 Å². The van der Waals surface area contributed by atoms with Crippen LogP contribution < -0.4 is 0 Å². The lowest BCUT2D eigenvalue weighted by Crippen LogP contribution is -2.30. The molecule has 0 saturated carbocycles. The first-order valence-corrected chi connectivity index (χ1v) is 9.26. The van der Waals surface area contributed by atoms with Gasteiger partial charge in [-0.2, -0.15) is 17.5 Å². The normalized spacial score (nSPS) is 13.6. The van der Waals surface area contributed by atoms with E-state index in [9.17, 15) is 31.7 Å². The second-order valence-electron chi connectivity index (χ2n) is 5.69. The maximum absolute atomic E-state index is 12.9. The van der Waals surface area contributed by atoms with Crippen molar-refractivity contribution in [2.75, 3.05) is 7.05 Å². The van der Waals surface area contributed by atoms with E-state index in [-0.39, 0.29) is 10.7 Å². The molecule has 27 heavy (non-hydrogen) atoms. The van der Waals surface area contributed by atoms with E-state index in [2.05, 4.69) is 0 Å². The molecule has 0 aliphatic heterocycles. The third-order valence-corrected chi connectivity index (χ3v) is 6.43. The largest absolute Gasteiger partial charge is 0.416 e. The Hall–Kier alpha value is -2.17. The monoisotopic (exact) mass is 422 g/mol. The fourth-order valence-corrected chi connectivity index (χ4v) is 4.20. The average Bonchev–Trinajstić information content (AvgIpc) is 2.59. The van der Waals surface area contributed by atoms with Gasteiger partial charge in [0.2, 0.25) is 10.0 Å². The molecule has 0 N–H and O–H groups in total. The smallest absolute Gasteiger partial charge is 0.258 e. The molecule has 0 aromatic heterocycles. The number of nitrogens with zero attached hydrogens (tertiary/aromatic N) is 2. The molecule has 2 aromatic carbocycles. The van der Waals surface area contributed by atoms with Crippen molar-refractivity contribution in [2.24, 2.45) is 0 Å². The average molecular weight is 423 g/mol. The maximum Gasteiger partial charge on any atom is 0.416 e. The summed E-state index contributed by atoms with van der Waals surface area (Å²) in [7, 11) is -3.24. The van der Waals surface area contributed by atoms with Crippen LogP contribution in [0.25, 0.3) is 0 Å². The number of alkyl halides is 3. The van der Waals surface area contributed by atoms with Crippen molar-refractivity contribution >= 4 is 27.3 Å². The predicted molar refractivity (Wildman–Crippen MR) is 92.9 cm³/mol. The van der Waals surface area contributed by atoms with Gasteiger partial charge in [-0.25, -0.2) is 8.42 Å². The minimum Gasteiger partial charge on any atom is -0.258 e. The Bertz CT molecular complexity index is 980. The van der Waals surface area contributed by atoms with Crippen molar-refractivity contribution in [1.29, 1.82) is 0 Å². The van der Waals surface area contributed by atoms with Crippen LogP contribution in [-0.2, 0) is 16.2 Å². The van der Waals surface area contributed by atoms with E-state index < -0.39 is 37.6 Å². The maximum atomic E-state index is 12.9. The number of hydrogen-bond donors (Lipinski definition) is 0. The van der Waals surface area contributed by atoms with Gasteiger partial charge in [-0.15, -0.1) is 0 Å². The fourth-order valence-electron chi connectivity index (χ4n) is 2.35. The van der Waals surface area contributed by atoms with Crippen LogP contribution in [-0.4, -0.2) is 24.7 Å². The zero-order valence-electron chi connectivity index (χ0n) is 14.1. The zero-order valence-corrected chi connectivity index (χ0v) is 15.6. The molecule has 11 heteroatoms. The molecule has 0 aliphatic carbocycles. The molecule has 1 unspecified atom stereocenters. The second kappa shape index (κ2) is 7.45. The molecule has 6 nitrogen and oxygen atoms in total. The molecule has 0 spiro atoms. The van der Waals surface area contributed by atoms with Gasteiger partial charge in [0.15, 0.2) is 0 Å². The van der Waals surface area contributed by atoms with Crippen molar-refractivity contribution in [3.63, 3.8) is 0 Å². The minimum absolute atomic E-state index is 0.234. The van der Waals surface area contributed by atoms with E-state index in [1.165, 1.54) is 31.2 Å². The van der Waals surface area contributed by atoms with Crippen LogP contribution in [0.5, 0.6) is 0 Å². The number of halogens is 4. The molecular formula is C16H14ClF3N2O4S. The molecule has 0 heterocycles. The summed E-state index contributed by atoms with van der Waals surface area (Å²) in [6.07, 6.45) is -4.74. The van der Waals surface area contributed by atoms with E-state index in [1.807, 2.05) is 0 Å². The highest BCUT2D eigenvalue weighted by atomic mass is 35.5. The summed E-state index contributed by atoms with van der Waals surface area (Å²) in [5.41, 5.74) is -1.08. The van der Waals surface area contributed by atoms with Gasteiger partial charge in [-0.1, -0.05) is 23.7 Å². The first-order chi connectivity index (χ1) is 12.4. The SMILES string of the molecule is CC(c1cccc([N+](=O)[O-])c1)N(C)S(=O)(=O)c1cc(C(F)(F)F)ccc1Cl. The number of benzene rings is 2. The van der Waals surface area contributed by atoms with Crippen LogP contribution in [0.15, 0.2) is 47.4 Å². The standard InChI is InChI=1S/C16H14ClF3N2O4S/c1-10(11-4-3-5-13(8-11)22(23)24)21(2)27(25,26)15-9-12(16(18,19)20)6-7-14(15)17/h3-10H,1-2H3. The summed E-state index contributed by atoms with van der Waals surface area (Å²) < 4.78 is 65.2. The first-order valence-electron chi connectivity index (χ1n) is 7.45. The molecule has 0 fully saturated rings. The summed E-state index contributed by atoms with van der Waals surface area (Å²) in [6.45, 7) is 1.46. The Kier molecular flexibility index (Phi) is 5.83. The first kappa shape index (κ1) is 21.1. The molecule has 0 bridgehead atoms. The second-order valence-corrected chi connectivity index (χ2v) is 8.07. The number of non-ortho nitro benzene ring substituents is 1. The lowest BCUT2D eigenvalue weighted by molar-refractivity contribution is -0.384. The van der Waals surface area contributed by atoms with Gasteiger partial charge in [0.1, 0.15) is 4.90 Å². The van der Waals surface area contributed by atoms with Crippen LogP contribution in [0, 0.1) is 10.1 Å². The Morgan fingerprint density at radius 1 is 1.19 bits per heavy atom. The number of hydrogen-bond acceptors (Lipinski definition) is 4. The minimum atomic E-state index is -4.74. The van der Waals surface area contributed by atoms with Gasteiger partial charge in [0.25, 0.3) is 5.69 Å². The lowest BCUT2D eigenvalue weighted by atomic mass is 10.1. The molecular weight excluding hydrogens is 409 g/mol. The highest BCUT2D eigenvalue weighted by Crippen LogP contribution is 2.36. The quantitative estimate of drug-likeness (QED) is 0.519. The van der Waals surface area contributed by atoms with Crippen molar-refractivity contribution in [2.45, 2.75) is 24.0 Å². The molecule has 146 valence electrons. The molecule has 0 saturated heterocycles. The van der Waals surface area contributed by atoms with Crippen molar-refractivity contribution in [3.8, 4) is 0 Å². The highest BCUT2D eigenvalue weighted by Gasteiger charge is 2.35. The fraction of sp³-hybridized carbons (Fsp3) is 0.250. The molecule has 0 aliphatic rings. The summed E-state index contributed by atoms with van der Waals surface area (Å²) in [5.74, 6) is 0. The van der Waals surface area contributed by atoms with Crippen molar-refractivity contribution in [3.05, 3.63) is 68.7 Å². The molecule has 0 amide bonds. The van der Waals surface area contributed by atoms with Crippen LogP contribution in [0.1, 0.15) is 24.1 Å². The van der Waals surface area contributed by atoms with E-state index in [1.54, 1.807) is 0 Å². The van der Waals surface area contributed by atoms with Crippen molar-refractivity contribution in [1.82, 2.24) is 4.31 Å². The molecule has 2 rings (SSSR count). The number of nitro groups is 1. The van der Waals surface area contributed by atoms with Crippen LogP contribution in [0.3, 0.4) is 0 Å². The van der Waals surface area contributed by atoms with Crippen LogP contribution in [0.4, 0.5) is 18.9 Å². The number of nitro benzene ring substituents is 1. The van der Waals surface area contributed by atoms with Crippen LogP contribution in [0.2, 0.25) is 5.02 Å². The third kappa shape index (κ3) is 4.40. The van der Waals surface area contributed by atoms with E-state index >= 15 is 0 Å². The third-order valence-electron chi connectivity index (χ3n) is 4.02. The topological polar surface area (TPSA) is 80.5 Å². The highest BCUT2D eigenvalue weighted by molar-refractivity contribution is 7.89. The van der Waals surface area contributed by atoms with E-state index in [0.717, 1.165) is 17.4 Å². The van der Waals surface area contributed by atoms with Crippen molar-refractivity contribution < 1.29 is 26.5 Å². The van der Waals surface area contributed by atoms with Gasteiger partial charge < -0.3 is 0 Å².